The summed E-state index contributed by atoms with van der Waals surface area (Å²) in [7, 11) is 0. The summed E-state index contributed by atoms with van der Waals surface area (Å²) in [6.45, 7) is 7.46. The summed E-state index contributed by atoms with van der Waals surface area (Å²) in [5, 5.41) is 10.1. The van der Waals surface area contributed by atoms with Crippen molar-refractivity contribution < 1.29 is 9.53 Å². The predicted octanol–water partition coefficient (Wildman–Crippen LogP) is 1.76. The van der Waals surface area contributed by atoms with Crippen LogP contribution in [0.15, 0.2) is 12.5 Å². The zero-order chi connectivity index (χ0) is 16.4. The van der Waals surface area contributed by atoms with Crippen molar-refractivity contribution in [1.29, 1.82) is 0 Å². The second-order valence-electron chi connectivity index (χ2n) is 6.10. The van der Waals surface area contributed by atoms with Gasteiger partial charge in [0.15, 0.2) is 5.69 Å². The van der Waals surface area contributed by atoms with Gasteiger partial charge in [0, 0.05) is 37.0 Å². The van der Waals surface area contributed by atoms with Gasteiger partial charge in [-0.25, -0.2) is 4.98 Å². The first-order valence-corrected chi connectivity index (χ1v) is 8.03. The Hall–Kier alpha value is -2.15. The molecule has 0 aromatic carbocycles. The minimum atomic E-state index is -0.119. The van der Waals surface area contributed by atoms with Crippen LogP contribution in [0.25, 0.3) is 0 Å². The maximum atomic E-state index is 12.4. The van der Waals surface area contributed by atoms with Gasteiger partial charge < -0.3 is 14.6 Å². The molecule has 2 aromatic rings. The number of ether oxygens (including phenoxy) is 1. The maximum Gasteiger partial charge on any atom is 0.272 e. The van der Waals surface area contributed by atoms with Crippen LogP contribution in [0.2, 0.25) is 0 Å². The number of H-pyrrole nitrogens is 1. The Kier molecular flexibility index (Phi) is 4.47. The number of carbonyl (C=O) groups excluding carboxylic acids is 1. The SMILES string of the molecule is Cc1cncn1CCCNC(=O)c1n[nH]c2c1C[C@@H](C)O[C@H]2C. The lowest BCUT2D eigenvalue weighted by Crippen LogP contribution is -2.28. The molecule has 0 saturated heterocycles. The van der Waals surface area contributed by atoms with Crippen molar-refractivity contribution in [1.82, 2.24) is 25.1 Å². The number of fused-ring (bicyclic) bond motifs is 1. The predicted molar refractivity (Wildman–Crippen MR) is 85.2 cm³/mol. The summed E-state index contributed by atoms with van der Waals surface area (Å²) in [4.78, 5) is 16.5. The van der Waals surface area contributed by atoms with Gasteiger partial charge >= 0.3 is 0 Å². The molecule has 2 atom stereocenters. The molecule has 0 aliphatic carbocycles. The second-order valence-corrected chi connectivity index (χ2v) is 6.10. The molecule has 3 heterocycles. The molecule has 2 aromatic heterocycles. The van der Waals surface area contributed by atoms with Crippen LogP contribution < -0.4 is 5.32 Å². The van der Waals surface area contributed by atoms with Gasteiger partial charge in [0.2, 0.25) is 0 Å². The largest absolute Gasteiger partial charge is 0.369 e. The third kappa shape index (κ3) is 3.29. The van der Waals surface area contributed by atoms with E-state index in [2.05, 4.69) is 25.1 Å². The van der Waals surface area contributed by atoms with Gasteiger partial charge in [0.05, 0.1) is 24.2 Å². The molecule has 0 saturated carbocycles. The molecule has 7 nitrogen and oxygen atoms in total. The summed E-state index contributed by atoms with van der Waals surface area (Å²) in [6, 6.07) is 0. The van der Waals surface area contributed by atoms with Crippen LogP contribution in [0.4, 0.5) is 0 Å². The lowest BCUT2D eigenvalue weighted by molar-refractivity contribution is -0.00697. The van der Waals surface area contributed by atoms with E-state index in [1.54, 1.807) is 0 Å². The fourth-order valence-corrected chi connectivity index (χ4v) is 3.02. The number of nitrogens with zero attached hydrogens (tertiary/aromatic N) is 3. The topological polar surface area (TPSA) is 84.8 Å². The molecule has 7 heteroatoms. The summed E-state index contributed by atoms with van der Waals surface area (Å²) in [5.41, 5.74) is 3.53. The van der Waals surface area contributed by atoms with Crippen LogP contribution in [-0.4, -0.2) is 38.3 Å². The third-order valence-corrected chi connectivity index (χ3v) is 4.23. The van der Waals surface area contributed by atoms with E-state index in [0.29, 0.717) is 18.7 Å². The first kappa shape index (κ1) is 15.7. The minimum Gasteiger partial charge on any atom is -0.369 e. The summed E-state index contributed by atoms with van der Waals surface area (Å²) in [6.07, 6.45) is 5.26. The molecule has 2 N–H and O–H groups in total. The van der Waals surface area contributed by atoms with Gasteiger partial charge in [-0.1, -0.05) is 0 Å². The van der Waals surface area contributed by atoms with E-state index in [1.165, 1.54) is 0 Å². The highest BCUT2D eigenvalue weighted by Gasteiger charge is 2.29. The normalized spacial score (nSPS) is 20.3. The summed E-state index contributed by atoms with van der Waals surface area (Å²) >= 11 is 0. The lowest BCUT2D eigenvalue weighted by atomic mass is 9.99. The van der Waals surface area contributed by atoms with Gasteiger partial charge in [-0.05, 0) is 27.2 Å². The second kappa shape index (κ2) is 6.54. The molecule has 0 radical (unpaired) electrons. The molecule has 0 unspecified atom stereocenters. The van der Waals surface area contributed by atoms with E-state index in [0.717, 1.165) is 29.9 Å². The number of hydrogen-bond acceptors (Lipinski definition) is 4. The number of hydrogen-bond donors (Lipinski definition) is 2. The molecule has 1 aliphatic heterocycles. The number of nitrogens with one attached hydrogen (secondary N) is 2. The maximum absolute atomic E-state index is 12.4. The highest BCUT2D eigenvalue weighted by atomic mass is 16.5. The van der Waals surface area contributed by atoms with E-state index in [9.17, 15) is 4.79 Å². The third-order valence-electron chi connectivity index (χ3n) is 4.23. The Morgan fingerprint density at radius 2 is 2.35 bits per heavy atom. The summed E-state index contributed by atoms with van der Waals surface area (Å²) < 4.78 is 7.82. The van der Waals surface area contributed by atoms with Crippen molar-refractivity contribution in [3.05, 3.63) is 35.2 Å². The highest BCUT2D eigenvalue weighted by Crippen LogP contribution is 2.29. The number of imidazole rings is 1. The van der Waals surface area contributed by atoms with Gasteiger partial charge in [-0.2, -0.15) is 5.10 Å². The number of rotatable bonds is 5. The molecule has 124 valence electrons. The molecule has 3 rings (SSSR count). The summed E-state index contributed by atoms with van der Waals surface area (Å²) in [5.74, 6) is -0.119. The first-order chi connectivity index (χ1) is 11.1. The van der Waals surface area contributed by atoms with Crippen LogP contribution in [0.5, 0.6) is 0 Å². The van der Waals surface area contributed by atoms with Crippen molar-refractivity contribution >= 4 is 5.91 Å². The van der Waals surface area contributed by atoms with E-state index in [4.69, 9.17) is 4.74 Å². The van der Waals surface area contributed by atoms with Crippen LogP contribution in [0.1, 0.15) is 53.8 Å². The molecule has 23 heavy (non-hydrogen) atoms. The van der Waals surface area contributed by atoms with Crippen molar-refractivity contribution in [3.63, 3.8) is 0 Å². The zero-order valence-electron chi connectivity index (χ0n) is 13.8. The van der Waals surface area contributed by atoms with E-state index in [-0.39, 0.29) is 18.1 Å². The van der Waals surface area contributed by atoms with Crippen molar-refractivity contribution in [2.24, 2.45) is 0 Å². The smallest absolute Gasteiger partial charge is 0.272 e. The fraction of sp³-hybridized carbons (Fsp3) is 0.562. The monoisotopic (exact) mass is 317 g/mol. The Bertz CT molecular complexity index is 690. The molecule has 0 bridgehead atoms. The number of carbonyl (C=O) groups is 1. The van der Waals surface area contributed by atoms with Gasteiger partial charge in [-0.3, -0.25) is 9.89 Å². The van der Waals surface area contributed by atoms with E-state index >= 15 is 0 Å². The lowest BCUT2D eigenvalue weighted by Gasteiger charge is -2.25. The van der Waals surface area contributed by atoms with Crippen molar-refractivity contribution in [2.75, 3.05) is 6.54 Å². The Labute approximate surface area is 135 Å². The Balaban J connectivity index is 1.56. The molecule has 0 spiro atoms. The number of aromatic amines is 1. The Morgan fingerprint density at radius 1 is 1.52 bits per heavy atom. The molecule has 1 amide bonds. The quantitative estimate of drug-likeness (QED) is 0.823. The highest BCUT2D eigenvalue weighted by molar-refractivity contribution is 5.94. The van der Waals surface area contributed by atoms with Gasteiger partial charge in [-0.15, -0.1) is 0 Å². The average molecular weight is 317 g/mol. The molecule has 1 aliphatic rings. The van der Waals surface area contributed by atoms with Crippen molar-refractivity contribution in [2.45, 2.75) is 52.4 Å². The average Bonchev–Trinajstić information content (AvgIpc) is 3.10. The van der Waals surface area contributed by atoms with Crippen LogP contribution in [0, 0.1) is 6.92 Å². The van der Waals surface area contributed by atoms with Crippen molar-refractivity contribution in [3.8, 4) is 0 Å². The number of aryl methyl sites for hydroxylation is 2. The molecular weight excluding hydrogens is 294 g/mol. The van der Waals surface area contributed by atoms with Gasteiger partial charge in [0.25, 0.3) is 5.91 Å². The standard InChI is InChI=1S/C16H23N5O2/c1-10-8-17-9-21(10)6-4-5-18-16(22)15-13-7-11(2)23-12(3)14(13)19-20-15/h8-9,11-12H,4-7H2,1-3H3,(H,18,22)(H,19,20)/t11-,12+/m1/s1. The zero-order valence-corrected chi connectivity index (χ0v) is 13.8. The van der Waals surface area contributed by atoms with Crippen LogP contribution >= 0.6 is 0 Å². The van der Waals surface area contributed by atoms with Gasteiger partial charge in [0.1, 0.15) is 0 Å². The fourth-order valence-electron chi connectivity index (χ4n) is 3.02. The number of aromatic nitrogens is 4. The van der Waals surface area contributed by atoms with E-state index in [1.807, 2.05) is 33.3 Å². The first-order valence-electron chi connectivity index (χ1n) is 8.03. The van der Waals surface area contributed by atoms with Crippen LogP contribution in [0.3, 0.4) is 0 Å². The minimum absolute atomic E-state index is 0.0491. The number of amides is 1. The van der Waals surface area contributed by atoms with E-state index < -0.39 is 0 Å². The molecular formula is C16H23N5O2. The van der Waals surface area contributed by atoms with Crippen LogP contribution in [-0.2, 0) is 17.7 Å². The Morgan fingerprint density at radius 3 is 3.09 bits per heavy atom. The molecule has 0 fully saturated rings.